The topological polar surface area (TPSA) is 46.6 Å². The Balaban J connectivity index is 2.67. The van der Waals surface area contributed by atoms with Gasteiger partial charge in [0, 0.05) is 23.6 Å². The third kappa shape index (κ3) is 6.17. The quantitative estimate of drug-likeness (QED) is 0.686. The molecule has 116 valence electrons. The van der Waals surface area contributed by atoms with Crippen molar-refractivity contribution in [2.24, 2.45) is 0 Å². The van der Waals surface area contributed by atoms with Crippen LogP contribution in [0.4, 0.5) is 5.69 Å². The van der Waals surface area contributed by atoms with Gasteiger partial charge in [-0.2, -0.15) is 0 Å². The fourth-order valence-electron chi connectivity index (χ4n) is 1.89. The molecule has 5 heteroatoms. The molecular formula is C16H22ClNO3. The summed E-state index contributed by atoms with van der Waals surface area (Å²) >= 11 is 5.86. The summed E-state index contributed by atoms with van der Waals surface area (Å²) in [5, 5.41) is 0.621. The molecule has 1 aromatic carbocycles. The Kier molecular flexibility index (Phi) is 7.83. The predicted octanol–water partition coefficient (Wildman–Crippen LogP) is 3.82. The van der Waals surface area contributed by atoms with E-state index >= 15 is 0 Å². The number of halogens is 1. The second-order valence-electron chi connectivity index (χ2n) is 4.74. The highest BCUT2D eigenvalue weighted by molar-refractivity contribution is 6.30. The van der Waals surface area contributed by atoms with Crippen molar-refractivity contribution >= 4 is 29.2 Å². The summed E-state index contributed by atoms with van der Waals surface area (Å²) in [6.07, 6.45) is 2.41. The summed E-state index contributed by atoms with van der Waals surface area (Å²) in [6, 6.07) is 7.08. The second kappa shape index (κ2) is 9.40. The molecule has 1 rings (SSSR count). The van der Waals surface area contributed by atoms with Gasteiger partial charge in [0.05, 0.1) is 6.54 Å². The number of carbonyl (C=O) groups excluding carboxylic acids is 2. The lowest BCUT2D eigenvalue weighted by molar-refractivity contribution is -0.143. The summed E-state index contributed by atoms with van der Waals surface area (Å²) in [5.74, 6) is -0.206. The fourth-order valence-corrected chi connectivity index (χ4v) is 2.02. The normalized spacial score (nSPS) is 10.2. The Bertz CT molecular complexity index is 459. The van der Waals surface area contributed by atoms with Crippen molar-refractivity contribution < 1.29 is 14.3 Å². The van der Waals surface area contributed by atoms with Crippen molar-refractivity contribution in [2.45, 2.75) is 39.5 Å². The smallest absolute Gasteiger partial charge is 0.305 e. The number of hydrogen-bond acceptors (Lipinski definition) is 3. The average molecular weight is 312 g/mol. The molecule has 0 bridgehead atoms. The van der Waals surface area contributed by atoms with Crippen LogP contribution in [-0.4, -0.2) is 25.0 Å². The van der Waals surface area contributed by atoms with E-state index in [1.807, 2.05) is 13.8 Å². The van der Waals surface area contributed by atoms with Crippen LogP contribution in [-0.2, 0) is 14.3 Å². The molecule has 0 aliphatic carbocycles. The van der Waals surface area contributed by atoms with Crippen molar-refractivity contribution in [2.75, 3.05) is 18.1 Å². The highest BCUT2D eigenvalue weighted by atomic mass is 35.5. The number of rotatable bonds is 8. The number of ether oxygens (including phenoxy) is 1. The van der Waals surface area contributed by atoms with Gasteiger partial charge in [-0.05, 0) is 37.1 Å². The Morgan fingerprint density at radius 1 is 1.10 bits per heavy atom. The van der Waals surface area contributed by atoms with Crippen molar-refractivity contribution in [3.05, 3.63) is 29.3 Å². The van der Waals surface area contributed by atoms with Crippen molar-refractivity contribution in [3.8, 4) is 0 Å². The standard InChI is InChI=1S/C16H22ClNO3/c1-3-5-15(19)18(11-12-21-16(20)6-4-2)14-9-7-13(17)8-10-14/h7-10H,3-6,11-12H2,1-2H3. The second-order valence-corrected chi connectivity index (χ2v) is 5.18. The van der Waals surface area contributed by atoms with E-state index < -0.39 is 0 Å². The number of benzene rings is 1. The average Bonchev–Trinajstić information content (AvgIpc) is 2.45. The largest absolute Gasteiger partial charge is 0.464 e. The zero-order chi connectivity index (χ0) is 15.7. The molecule has 0 atom stereocenters. The summed E-state index contributed by atoms with van der Waals surface area (Å²) < 4.78 is 5.13. The maximum absolute atomic E-state index is 12.2. The predicted molar refractivity (Wildman–Crippen MR) is 84.6 cm³/mol. The highest BCUT2D eigenvalue weighted by Gasteiger charge is 2.15. The van der Waals surface area contributed by atoms with Crippen LogP contribution < -0.4 is 4.90 Å². The van der Waals surface area contributed by atoms with E-state index in [2.05, 4.69) is 0 Å². The van der Waals surface area contributed by atoms with Crippen LogP contribution in [0.3, 0.4) is 0 Å². The molecule has 1 amide bonds. The first-order chi connectivity index (χ1) is 10.1. The van der Waals surface area contributed by atoms with Gasteiger partial charge in [-0.25, -0.2) is 0 Å². The molecule has 0 heterocycles. The van der Waals surface area contributed by atoms with Gasteiger partial charge in [-0.1, -0.05) is 25.4 Å². The van der Waals surface area contributed by atoms with Gasteiger partial charge in [-0.3, -0.25) is 9.59 Å². The van der Waals surface area contributed by atoms with E-state index in [-0.39, 0.29) is 18.5 Å². The molecule has 0 aliphatic heterocycles. The Morgan fingerprint density at radius 2 is 1.71 bits per heavy atom. The van der Waals surface area contributed by atoms with E-state index in [1.165, 1.54) is 0 Å². The summed E-state index contributed by atoms with van der Waals surface area (Å²) in [4.78, 5) is 25.2. The van der Waals surface area contributed by atoms with Gasteiger partial charge >= 0.3 is 5.97 Å². The molecule has 0 aromatic heterocycles. The van der Waals surface area contributed by atoms with Crippen molar-refractivity contribution in [1.29, 1.82) is 0 Å². The van der Waals surface area contributed by atoms with Crippen LogP contribution in [0.1, 0.15) is 39.5 Å². The Hall–Kier alpha value is -1.55. The van der Waals surface area contributed by atoms with Crippen LogP contribution in [0, 0.1) is 0 Å². The fraction of sp³-hybridized carbons (Fsp3) is 0.500. The number of amides is 1. The zero-order valence-corrected chi connectivity index (χ0v) is 13.4. The van der Waals surface area contributed by atoms with Crippen LogP contribution >= 0.6 is 11.6 Å². The van der Waals surface area contributed by atoms with Gasteiger partial charge in [0.2, 0.25) is 5.91 Å². The van der Waals surface area contributed by atoms with Crippen LogP contribution in [0.15, 0.2) is 24.3 Å². The molecule has 0 saturated heterocycles. The van der Waals surface area contributed by atoms with E-state index in [0.29, 0.717) is 24.4 Å². The van der Waals surface area contributed by atoms with Crippen molar-refractivity contribution in [3.63, 3.8) is 0 Å². The molecular weight excluding hydrogens is 290 g/mol. The zero-order valence-electron chi connectivity index (χ0n) is 12.6. The minimum absolute atomic E-state index is 0.0198. The van der Waals surface area contributed by atoms with E-state index in [1.54, 1.807) is 29.2 Å². The SMILES string of the molecule is CCCC(=O)OCCN(C(=O)CCC)c1ccc(Cl)cc1. The first-order valence-corrected chi connectivity index (χ1v) is 7.67. The van der Waals surface area contributed by atoms with Gasteiger partial charge in [0.1, 0.15) is 6.61 Å². The Morgan fingerprint density at radius 3 is 2.29 bits per heavy atom. The lowest BCUT2D eigenvalue weighted by Gasteiger charge is -2.22. The molecule has 0 fully saturated rings. The summed E-state index contributed by atoms with van der Waals surface area (Å²) in [7, 11) is 0. The molecule has 1 aromatic rings. The number of hydrogen-bond donors (Lipinski definition) is 0. The maximum atomic E-state index is 12.2. The molecule has 0 radical (unpaired) electrons. The first-order valence-electron chi connectivity index (χ1n) is 7.30. The highest BCUT2D eigenvalue weighted by Crippen LogP contribution is 2.19. The van der Waals surface area contributed by atoms with Gasteiger partial charge in [-0.15, -0.1) is 0 Å². The molecule has 4 nitrogen and oxygen atoms in total. The lowest BCUT2D eigenvalue weighted by Crippen LogP contribution is -2.34. The number of carbonyl (C=O) groups is 2. The lowest BCUT2D eigenvalue weighted by atomic mass is 10.2. The van der Waals surface area contributed by atoms with Gasteiger partial charge < -0.3 is 9.64 Å². The van der Waals surface area contributed by atoms with E-state index in [0.717, 1.165) is 18.5 Å². The third-order valence-electron chi connectivity index (χ3n) is 2.94. The molecule has 0 saturated carbocycles. The summed E-state index contributed by atoms with van der Waals surface area (Å²) in [6.45, 7) is 4.44. The van der Waals surface area contributed by atoms with Crippen LogP contribution in [0.25, 0.3) is 0 Å². The van der Waals surface area contributed by atoms with Gasteiger partial charge in [0.15, 0.2) is 0 Å². The van der Waals surface area contributed by atoms with E-state index in [9.17, 15) is 9.59 Å². The molecule has 0 unspecified atom stereocenters. The molecule has 21 heavy (non-hydrogen) atoms. The number of esters is 1. The molecule has 0 spiro atoms. The summed E-state index contributed by atoms with van der Waals surface area (Å²) in [5.41, 5.74) is 0.768. The molecule has 0 N–H and O–H groups in total. The maximum Gasteiger partial charge on any atom is 0.305 e. The van der Waals surface area contributed by atoms with Crippen LogP contribution in [0.2, 0.25) is 5.02 Å². The minimum Gasteiger partial charge on any atom is -0.464 e. The van der Waals surface area contributed by atoms with Crippen molar-refractivity contribution in [1.82, 2.24) is 0 Å². The van der Waals surface area contributed by atoms with E-state index in [4.69, 9.17) is 16.3 Å². The van der Waals surface area contributed by atoms with Crippen LogP contribution in [0.5, 0.6) is 0 Å². The Labute approximate surface area is 131 Å². The number of anilines is 1. The first kappa shape index (κ1) is 17.5. The van der Waals surface area contributed by atoms with Gasteiger partial charge in [0.25, 0.3) is 0 Å². The molecule has 0 aliphatic rings. The monoisotopic (exact) mass is 311 g/mol. The third-order valence-corrected chi connectivity index (χ3v) is 3.19. The number of nitrogens with zero attached hydrogens (tertiary/aromatic N) is 1. The minimum atomic E-state index is -0.225.